The molecule has 0 saturated carbocycles. The number of carbonyl (C=O) groups is 1. The molecule has 1 atom stereocenters. The maximum atomic E-state index is 12.7. The fourth-order valence-electron chi connectivity index (χ4n) is 3.03. The van der Waals surface area contributed by atoms with Gasteiger partial charge in [-0.3, -0.25) is 4.79 Å². The summed E-state index contributed by atoms with van der Waals surface area (Å²) in [7, 11) is 0.158. The van der Waals surface area contributed by atoms with E-state index in [4.69, 9.17) is 4.74 Å². The Kier molecular flexibility index (Phi) is 5.59. The highest BCUT2D eigenvalue weighted by atomic mass is 32.2. The molecule has 0 bridgehead atoms. The molecule has 1 amide bonds. The quantitative estimate of drug-likeness (QED) is 0.794. The molecular weight excluding hydrogens is 368 g/mol. The molecule has 1 aliphatic rings. The highest BCUT2D eigenvalue weighted by Crippen LogP contribution is 2.20. The zero-order valence-electron chi connectivity index (χ0n) is 15.3. The summed E-state index contributed by atoms with van der Waals surface area (Å²) in [6.07, 6.45) is 1.77. The van der Waals surface area contributed by atoms with Gasteiger partial charge in [0.2, 0.25) is 0 Å². The average Bonchev–Trinajstić information content (AvgIpc) is 3.05. The maximum Gasteiger partial charge on any atom is 0.272 e. The maximum absolute atomic E-state index is 12.7. The number of nitrogens with one attached hydrogen (secondary N) is 1. The number of benzene rings is 1. The summed E-state index contributed by atoms with van der Waals surface area (Å²) >= 11 is 0. The van der Waals surface area contributed by atoms with E-state index in [9.17, 15) is 13.2 Å². The van der Waals surface area contributed by atoms with Crippen molar-refractivity contribution in [2.24, 2.45) is 0 Å². The van der Waals surface area contributed by atoms with Crippen LogP contribution < -0.4 is 10.1 Å². The number of rotatable bonds is 6. The number of nitrogens with zero attached hydrogens (tertiary/aromatic N) is 3. The second-order valence-electron chi connectivity index (χ2n) is 6.43. The van der Waals surface area contributed by atoms with Gasteiger partial charge in [0.1, 0.15) is 23.6 Å². The molecule has 1 fully saturated rings. The zero-order chi connectivity index (χ0) is 19.4. The Morgan fingerprint density at radius 3 is 2.81 bits per heavy atom. The number of methoxy groups -OCH3 is 1. The predicted molar refractivity (Wildman–Crippen MR) is 102 cm³/mol. The van der Waals surface area contributed by atoms with E-state index < -0.39 is 9.84 Å². The van der Waals surface area contributed by atoms with Crippen LogP contribution in [0.3, 0.4) is 0 Å². The van der Waals surface area contributed by atoms with Crippen LogP contribution in [-0.4, -0.2) is 60.9 Å². The Labute approximate surface area is 158 Å². The summed E-state index contributed by atoms with van der Waals surface area (Å²) in [6, 6.07) is 8.87. The molecule has 0 aliphatic carbocycles. The van der Waals surface area contributed by atoms with Gasteiger partial charge in [-0.25, -0.2) is 18.4 Å². The minimum atomic E-state index is -3.06. The van der Waals surface area contributed by atoms with E-state index in [1.54, 1.807) is 20.2 Å². The summed E-state index contributed by atoms with van der Waals surface area (Å²) in [4.78, 5) is 22.3. The van der Waals surface area contributed by atoms with Gasteiger partial charge in [-0.15, -0.1) is 0 Å². The zero-order valence-corrected chi connectivity index (χ0v) is 16.1. The number of hydrogen-bond donors (Lipinski definition) is 1. The van der Waals surface area contributed by atoms with Gasteiger partial charge in [-0.2, -0.15) is 0 Å². The number of aromatic nitrogens is 2. The third-order valence-electron chi connectivity index (χ3n) is 4.62. The molecule has 27 heavy (non-hydrogen) atoms. The number of para-hydroxylation sites is 1. The molecular formula is C18H22N4O4S. The Morgan fingerprint density at radius 2 is 2.11 bits per heavy atom. The smallest absolute Gasteiger partial charge is 0.272 e. The van der Waals surface area contributed by atoms with Gasteiger partial charge in [0.15, 0.2) is 9.84 Å². The van der Waals surface area contributed by atoms with Gasteiger partial charge < -0.3 is 15.0 Å². The van der Waals surface area contributed by atoms with E-state index in [-0.39, 0.29) is 29.1 Å². The van der Waals surface area contributed by atoms with Crippen molar-refractivity contribution >= 4 is 21.6 Å². The van der Waals surface area contributed by atoms with Crippen LogP contribution in [0.25, 0.3) is 0 Å². The molecule has 1 aromatic heterocycles. The largest absolute Gasteiger partial charge is 0.496 e. The fourth-order valence-corrected chi connectivity index (χ4v) is 4.81. The third kappa shape index (κ3) is 4.54. The van der Waals surface area contributed by atoms with Crippen molar-refractivity contribution in [1.29, 1.82) is 0 Å². The normalized spacial score (nSPS) is 18.1. The first kappa shape index (κ1) is 19.1. The number of carbonyl (C=O) groups excluding carboxylic acids is 1. The molecule has 2 heterocycles. The van der Waals surface area contributed by atoms with Crippen molar-refractivity contribution in [2.75, 3.05) is 31.0 Å². The molecule has 0 spiro atoms. The Balaban J connectivity index is 1.69. The van der Waals surface area contributed by atoms with Crippen LogP contribution >= 0.6 is 0 Å². The first-order valence-corrected chi connectivity index (χ1v) is 10.4. The van der Waals surface area contributed by atoms with E-state index in [1.807, 2.05) is 24.3 Å². The summed E-state index contributed by atoms with van der Waals surface area (Å²) in [5.74, 6) is 1.06. The van der Waals surface area contributed by atoms with Crippen LogP contribution in [-0.2, 0) is 16.4 Å². The van der Waals surface area contributed by atoms with Gasteiger partial charge >= 0.3 is 0 Å². The Morgan fingerprint density at radius 1 is 1.33 bits per heavy atom. The van der Waals surface area contributed by atoms with Crippen molar-refractivity contribution in [3.05, 3.63) is 47.9 Å². The second-order valence-corrected chi connectivity index (χ2v) is 8.66. The SMILES string of the molecule is COc1ccccc1CNc1cc(C(=O)N(C)C2CCS(=O)(=O)C2)ncn1. The average molecular weight is 390 g/mol. The van der Waals surface area contributed by atoms with Crippen molar-refractivity contribution in [2.45, 2.75) is 19.0 Å². The summed E-state index contributed by atoms with van der Waals surface area (Å²) in [5, 5.41) is 3.15. The van der Waals surface area contributed by atoms with Gasteiger partial charge in [0.25, 0.3) is 5.91 Å². The minimum Gasteiger partial charge on any atom is -0.496 e. The molecule has 2 aromatic rings. The Bertz CT molecular complexity index is 932. The lowest BCUT2D eigenvalue weighted by Crippen LogP contribution is -2.38. The van der Waals surface area contributed by atoms with Crippen LogP contribution in [0.15, 0.2) is 36.7 Å². The van der Waals surface area contributed by atoms with Crippen molar-refractivity contribution in [3.8, 4) is 5.75 Å². The van der Waals surface area contributed by atoms with Crippen molar-refractivity contribution in [1.82, 2.24) is 14.9 Å². The summed E-state index contributed by atoms with van der Waals surface area (Å²) < 4.78 is 28.6. The molecule has 1 N–H and O–H groups in total. The number of sulfone groups is 1. The number of amides is 1. The molecule has 9 heteroatoms. The van der Waals surface area contributed by atoms with Gasteiger partial charge in [-0.05, 0) is 12.5 Å². The lowest BCUT2D eigenvalue weighted by Gasteiger charge is -2.23. The number of hydrogen-bond acceptors (Lipinski definition) is 7. The third-order valence-corrected chi connectivity index (χ3v) is 6.37. The van der Waals surface area contributed by atoms with Crippen molar-refractivity contribution < 1.29 is 17.9 Å². The number of ether oxygens (including phenoxy) is 1. The van der Waals surface area contributed by atoms with Crippen LogP contribution in [0.2, 0.25) is 0 Å². The number of anilines is 1. The summed E-state index contributed by atoms with van der Waals surface area (Å²) in [5.41, 5.74) is 1.18. The topological polar surface area (TPSA) is 101 Å². The minimum absolute atomic E-state index is 0.000761. The van der Waals surface area contributed by atoms with E-state index in [1.165, 1.54) is 11.2 Å². The molecule has 8 nitrogen and oxygen atoms in total. The van der Waals surface area contributed by atoms with Crippen LogP contribution in [0.5, 0.6) is 5.75 Å². The Hall–Kier alpha value is -2.68. The predicted octanol–water partition coefficient (Wildman–Crippen LogP) is 1.36. The summed E-state index contributed by atoms with van der Waals surface area (Å²) in [6.45, 7) is 0.478. The van der Waals surface area contributed by atoms with Crippen molar-refractivity contribution in [3.63, 3.8) is 0 Å². The molecule has 1 aromatic carbocycles. The van der Waals surface area contributed by atoms with E-state index >= 15 is 0 Å². The molecule has 144 valence electrons. The van der Waals surface area contributed by atoms with Gasteiger partial charge in [0.05, 0.1) is 18.6 Å². The first-order valence-electron chi connectivity index (χ1n) is 8.55. The van der Waals surface area contributed by atoms with E-state index in [0.717, 1.165) is 11.3 Å². The van der Waals surface area contributed by atoms with Crippen LogP contribution in [0, 0.1) is 0 Å². The van der Waals surface area contributed by atoms with E-state index in [2.05, 4.69) is 15.3 Å². The standard InChI is InChI=1S/C18H22N4O4S/c1-22(14-7-8-27(24,25)11-14)18(23)15-9-17(21-12-20-15)19-10-13-5-3-4-6-16(13)26-2/h3-6,9,12,14H,7-8,10-11H2,1-2H3,(H,19,20,21). The lowest BCUT2D eigenvalue weighted by atomic mass is 10.2. The molecule has 0 radical (unpaired) electrons. The van der Waals surface area contributed by atoms with Gasteiger partial charge in [-0.1, -0.05) is 18.2 Å². The molecule has 1 aliphatic heterocycles. The molecule has 1 unspecified atom stereocenters. The fraction of sp³-hybridized carbons (Fsp3) is 0.389. The van der Waals surface area contributed by atoms with Gasteiger partial charge in [0, 0.05) is 31.3 Å². The molecule has 3 rings (SSSR count). The second kappa shape index (κ2) is 7.91. The highest BCUT2D eigenvalue weighted by Gasteiger charge is 2.33. The highest BCUT2D eigenvalue weighted by molar-refractivity contribution is 7.91. The van der Waals surface area contributed by atoms with Crippen LogP contribution in [0.1, 0.15) is 22.5 Å². The van der Waals surface area contributed by atoms with E-state index in [0.29, 0.717) is 18.8 Å². The molecule has 1 saturated heterocycles. The van der Waals surface area contributed by atoms with Crippen LogP contribution in [0.4, 0.5) is 5.82 Å². The lowest BCUT2D eigenvalue weighted by molar-refractivity contribution is 0.0741. The monoisotopic (exact) mass is 390 g/mol. The first-order chi connectivity index (χ1) is 12.9.